The quantitative estimate of drug-likeness (QED) is 0.624. The Morgan fingerprint density at radius 1 is 1.15 bits per heavy atom. The Bertz CT molecular complexity index is 291. The summed E-state index contributed by atoms with van der Waals surface area (Å²) in [7, 11) is 0. The maximum absolute atomic E-state index is 11.3. The molecule has 1 heterocycles. The lowest BCUT2D eigenvalue weighted by atomic mass is 9.95. The molecule has 20 heavy (non-hydrogen) atoms. The van der Waals surface area contributed by atoms with E-state index in [2.05, 4.69) is 22.0 Å². The summed E-state index contributed by atoms with van der Waals surface area (Å²) in [4.78, 5) is 16.3. The van der Waals surface area contributed by atoms with E-state index in [9.17, 15) is 9.90 Å². The zero-order chi connectivity index (χ0) is 15.0. The summed E-state index contributed by atoms with van der Waals surface area (Å²) >= 11 is 0. The zero-order valence-corrected chi connectivity index (χ0v) is 13.3. The molecule has 1 rings (SSSR count). The van der Waals surface area contributed by atoms with Gasteiger partial charge >= 0.3 is 5.97 Å². The molecule has 0 aromatic carbocycles. The van der Waals surface area contributed by atoms with Gasteiger partial charge in [0.25, 0.3) is 0 Å². The lowest BCUT2D eigenvalue weighted by molar-refractivity contribution is -0.144. The molecule has 2 N–H and O–H groups in total. The highest BCUT2D eigenvalue weighted by Gasteiger charge is 2.31. The van der Waals surface area contributed by atoms with Gasteiger partial charge in [-0.15, -0.1) is 0 Å². The third kappa shape index (κ3) is 5.38. The van der Waals surface area contributed by atoms with Crippen LogP contribution in [0.2, 0.25) is 0 Å². The second-order valence-corrected chi connectivity index (χ2v) is 5.90. The molecular formula is C15H31N3O2. The Morgan fingerprint density at radius 2 is 1.75 bits per heavy atom. The van der Waals surface area contributed by atoms with Crippen molar-refractivity contribution in [2.24, 2.45) is 0 Å². The van der Waals surface area contributed by atoms with Crippen LogP contribution >= 0.6 is 0 Å². The predicted octanol–water partition coefficient (Wildman–Crippen LogP) is 1.25. The molecule has 0 amide bonds. The number of nitrogens with one attached hydrogen (secondary N) is 1. The molecule has 0 aliphatic carbocycles. The molecule has 1 unspecified atom stereocenters. The van der Waals surface area contributed by atoms with Crippen LogP contribution in [0.5, 0.6) is 0 Å². The number of nitrogens with zero attached hydrogens (tertiary/aromatic N) is 2. The van der Waals surface area contributed by atoms with Crippen LogP contribution < -0.4 is 5.32 Å². The van der Waals surface area contributed by atoms with Crippen molar-refractivity contribution >= 4 is 5.97 Å². The first-order valence-corrected chi connectivity index (χ1v) is 7.95. The van der Waals surface area contributed by atoms with Crippen LogP contribution in [0.15, 0.2) is 0 Å². The third-order valence-corrected chi connectivity index (χ3v) is 4.35. The van der Waals surface area contributed by atoms with Gasteiger partial charge in [-0.2, -0.15) is 0 Å². The minimum Gasteiger partial charge on any atom is -0.480 e. The number of hydrogen-bond donors (Lipinski definition) is 2. The molecule has 1 aliphatic heterocycles. The molecule has 1 atom stereocenters. The number of carbonyl (C=O) groups is 1. The maximum Gasteiger partial charge on any atom is 0.323 e. The number of piperazine rings is 1. The molecule has 0 spiro atoms. The minimum atomic E-state index is -0.768. The standard InChI is InChI=1S/C15H31N3O2/c1-4-16-15(3,14(19)20)8-6-7-9-18-12-10-17(5-2)11-13-18/h16H,4-13H2,1-3H3,(H,19,20). The fourth-order valence-corrected chi connectivity index (χ4v) is 2.80. The van der Waals surface area contributed by atoms with E-state index in [1.165, 1.54) is 13.1 Å². The summed E-state index contributed by atoms with van der Waals surface area (Å²) < 4.78 is 0. The van der Waals surface area contributed by atoms with Gasteiger partial charge in [-0.1, -0.05) is 13.8 Å². The summed E-state index contributed by atoms with van der Waals surface area (Å²) in [5.74, 6) is -0.740. The first-order chi connectivity index (χ1) is 9.51. The Morgan fingerprint density at radius 3 is 2.25 bits per heavy atom. The van der Waals surface area contributed by atoms with Gasteiger partial charge in [-0.05, 0) is 45.8 Å². The van der Waals surface area contributed by atoms with Gasteiger partial charge in [0.1, 0.15) is 5.54 Å². The Hall–Kier alpha value is -0.650. The molecule has 0 aromatic heterocycles. The van der Waals surface area contributed by atoms with Crippen molar-refractivity contribution < 1.29 is 9.90 Å². The highest BCUT2D eigenvalue weighted by molar-refractivity contribution is 5.78. The van der Waals surface area contributed by atoms with Gasteiger partial charge in [-0.25, -0.2) is 0 Å². The Kier molecular flexibility index (Phi) is 7.48. The number of likely N-dealkylation sites (N-methyl/N-ethyl adjacent to an activating group) is 2. The van der Waals surface area contributed by atoms with Gasteiger partial charge in [0.15, 0.2) is 0 Å². The van der Waals surface area contributed by atoms with Gasteiger partial charge < -0.3 is 20.2 Å². The monoisotopic (exact) mass is 285 g/mol. The van der Waals surface area contributed by atoms with Gasteiger partial charge in [0, 0.05) is 26.2 Å². The Labute approximate surface area is 123 Å². The molecule has 0 bridgehead atoms. The predicted molar refractivity (Wildman–Crippen MR) is 82.1 cm³/mol. The second-order valence-electron chi connectivity index (χ2n) is 5.90. The molecule has 1 fully saturated rings. The van der Waals surface area contributed by atoms with Gasteiger partial charge in [0.05, 0.1) is 0 Å². The van der Waals surface area contributed by atoms with E-state index < -0.39 is 11.5 Å². The fourth-order valence-electron chi connectivity index (χ4n) is 2.80. The number of hydrogen-bond acceptors (Lipinski definition) is 4. The molecule has 0 aromatic rings. The summed E-state index contributed by atoms with van der Waals surface area (Å²) in [5, 5.41) is 12.4. The molecule has 0 saturated carbocycles. The fraction of sp³-hybridized carbons (Fsp3) is 0.933. The summed E-state index contributed by atoms with van der Waals surface area (Å²) in [6.07, 6.45) is 2.75. The average Bonchev–Trinajstić information content (AvgIpc) is 2.44. The van der Waals surface area contributed by atoms with Crippen molar-refractivity contribution in [3.63, 3.8) is 0 Å². The summed E-state index contributed by atoms with van der Waals surface area (Å²) in [6.45, 7) is 13.5. The Balaban J connectivity index is 2.19. The smallest absolute Gasteiger partial charge is 0.323 e. The second kappa shape index (κ2) is 8.60. The van der Waals surface area contributed by atoms with E-state index >= 15 is 0 Å². The highest BCUT2D eigenvalue weighted by atomic mass is 16.4. The van der Waals surface area contributed by atoms with E-state index in [1.54, 1.807) is 6.92 Å². The van der Waals surface area contributed by atoms with Crippen molar-refractivity contribution in [3.05, 3.63) is 0 Å². The number of carboxylic acid groups (broad SMARTS) is 1. The first-order valence-electron chi connectivity index (χ1n) is 7.95. The van der Waals surface area contributed by atoms with Crippen LogP contribution in [0.3, 0.4) is 0 Å². The lowest BCUT2D eigenvalue weighted by Gasteiger charge is -2.34. The van der Waals surface area contributed by atoms with Crippen LogP contribution in [-0.4, -0.2) is 72.2 Å². The first kappa shape index (κ1) is 17.4. The van der Waals surface area contributed by atoms with E-state index in [1.807, 2.05) is 6.92 Å². The van der Waals surface area contributed by atoms with Crippen LogP contribution in [0.25, 0.3) is 0 Å². The maximum atomic E-state index is 11.3. The van der Waals surface area contributed by atoms with E-state index in [-0.39, 0.29) is 0 Å². The number of aliphatic carboxylic acids is 1. The van der Waals surface area contributed by atoms with Crippen LogP contribution in [-0.2, 0) is 4.79 Å². The molecule has 1 saturated heterocycles. The molecule has 118 valence electrons. The molecule has 1 aliphatic rings. The van der Waals surface area contributed by atoms with E-state index in [0.717, 1.165) is 39.0 Å². The van der Waals surface area contributed by atoms with E-state index in [0.29, 0.717) is 13.0 Å². The highest BCUT2D eigenvalue weighted by Crippen LogP contribution is 2.15. The number of unbranched alkanes of at least 4 members (excludes halogenated alkanes) is 1. The molecule has 5 nitrogen and oxygen atoms in total. The summed E-state index contributed by atoms with van der Waals surface area (Å²) in [6, 6.07) is 0. The molecule has 0 radical (unpaired) electrons. The normalized spacial score (nSPS) is 20.8. The topological polar surface area (TPSA) is 55.8 Å². The average molecular weight is 285 g/mol. The van der Waals surface area contributed by atoms with Gasteiger partial charge in [-0.3, -0.25) is 4.79 Å². The molecular weight excluding hydrogens is 254 g/mol. The van der Waals surface area contributed by atoms with Crippen molar-refractivity contribution in [2.45, 2.75) is 45.6 Å². The SMILES string of the molecule is CCNC(C)(CCCCN1CCN(CC)CC1)C(=O)O. The van der Waals surface area contributed by atoms with Crippen LogP contribution in [0.1, 0.15) is 40.0 Å². The lowest BCUT2D eigenvalue weighted by Crippen LogP contribution is -2.49. The molecule has 5 heteroatoms. The minimum absolute atomic E-state index is 0.696. The van der Waals surface area contributed by atoms with Crippen LogP contribution in [0, 0.1) is 0 Å². The number of rotatable bonds is 9. The van der Waals surface area contributed by atoms with Crippen molar-refractivity contribution in [3.8, 4) is 0 Å². The largest absolute Gasteiger partial charge is 0.480 e. The third-order valence-electron chi connectivity index (χ3n) is 4.35. The van der Waals surface area contributed by atoms with Crippen molar-refractivity contribution in [2.75, 3.05) is 45.8 Å². The zero-order valence-electron chi connectivity index (χ0n) is 13.3. The van der Waals surface area contributed by atoms with Gasteiger partial charge in [0.2, 0.25) is 0 Å². The van der Waals surface area contributed by atoms with Crippen molar-refractivity contribution in [1.82, 2.24) is 15.1 Å². The number of carboxylic acids is 1. The van der Waals surface area contributed by atoms with Crippen LogP contribution in [0.4, 0.5) is 0 Å². The summed E-state index contributed by atoms with van der Waals surface area (Å²) in [5.41, 5.74) is -0.768. The van der Waals surface area contributed by atoms with Crippen molar-refractivity contribution in [1.29, 1.82) is 0 Å². The van der Waals surface area contributed by atoms with E-state index in [4.69, 9.17) is 0 Å².